The van der Waals surface area contributed by atoms with Crippen LogP contribution in [0.3, 0.4) is 0 Å². The number of hydrogen-bond donors (Lipinski definition) is 2. The second kappa shape index (κ2) is 17.8. The smallest absolute Gasteiger partial charge is 0.212 e. The number of anilines is 1. The topological polar surface area (TPSA) is 54.0 Å². The summed E-state index contributed by atoms with van der Waals surface area (Å²) in [6.07, 6.45) is 23.1. The molecule has 0 radical (unpaired) electrons. The molecule has 35 heavy (non-hydrogen) atoms. The van der Waals surface area contributed by atoms with Gasteiger partial charge in [-0.05, 0) is 73.6 Å². The van der Waals surface area contributed by atoms with Crippen LogP contribution in [0.25, 0.3) is 6.08 Å². The van der Waals surface area contributed by atoms with Gasteiger partial charge < -0.3 is 10.6 Å². The number of dihydropyridines is 1. The van der Waals surface area contributed by atoms with E-state index in [-0.39, 0.29) is 0 Å². The maximum Gasteiger partial charge on any atom is 0.212 e. The molecule has 1 saturated carbocycles. The van der Waals surface area contributed by atoms with E-state index in [2.05, 4.69) is 81.6 Å². The summed E-state index contributed by atoms with van der Waals surface area (Å²) in [6.45, 7) is 15.1. The van der Waals surface area contributed by atoms with Crippen LogP contribution in [-0.4, -0.2) is 17.4 Å². The Bertz CT molecular complexity index is 888. The van der Waals surface area contributed by atoms with Crippen molar-refractivity contribution in [3.05, 3.63) is 64.0 Å². The minimum absolute atomic E-state index is 0.414. The Kier molecular flexibility index (Phi) is 15.4. The zero-order valence-electron chi connectivity index (χ0n) is 23.3. The van der Waals surface area contributed by atoms with Gasteiger partial charge in [-0.2, -0.15) is 0 Å². The third-order valence-corrected chi connectivity index (χ3v) is 5.65. The molecule has 0 spiro atoms. The summed E-state index contributed by atoms with van der Waals surface area (Å²) in [7, 11) is 0. The minimum Gasteiger partial charge on any atom is -0.384 e. The molecular weight excluding hydrogens is 430 g/mol. The summed E-state index contributed by atoms with van der Waals surface area (Å²) in [4.78, 5) is 15.0. The van der Waals surface area contributed by atoms with E-state index in [1.165, 1.54) is 60.8 Å². The van der Waals surface area contributed by atoms with E-state index in [0.29, 0.717) is 18.3 Å². The first-order valence-electron chi connectivity index (χ1n) is 13.6. The van der Waals surface area contributed by atoms with Crippen molar-refractivity contribution in [3.8, 4) is 0 Å². The Hall–Kier alpha value is -2.62. The molecule has 1 aromatic heterocycles. The number of aryl methyl sites for hydroxylation is 1. The summed E-state index contributed by atoms with van der Waals surface area (Å²) < 4.78 is 0. The number of carbonyl (C=O) groups excluding carboxylic acids is 1. The second-order valence-electron chi connectivity index (χ2n) is 9.51. The Morgan fingerprint density at radius 3 is 2.34 bits per heavy atom. The number of unbranched alkanes of at least 4 members (excludes halogenated alkanes) is 2. The number of carbonyl (C=O) groups is 1. The highest BCUT2D eigenvalue weighted by Crippen LogP contribution is 2.31. The van der Waals surface area contributed by atoms with E-state index in [1.807, 2.05) is 19.2 Å². The zero-order chi connectivity index (χ0) is 26.1. The van der Waals surface area contributed by atoms with Gasteiger partial charge in [-0.3, -0.25) is 4.79 Å². The van der Waals surface area contributed by atoms with E-state index in [1.54, 1.807) is 0 Å². The van der Waals surface area contributed by atoms with Gasteiger partial charge >= 0.3 is 0 Å². The molecule has 1 unspecified atom stereocenters. The number of allylic oxidation sites excluding steroid dienone is 5. The molecule has 3 rings (SSSR count). The van der Waals surface area contributed by atoms with Crippen molar-refractivity contribution in [3.63, 3.8) is 0 Å². The molecule has 2 heterocycles. The Labute approximate surface area is 215 Å². The standard InChI is InChI=1S/C25H35N3O.C3H6.C3H8/c1-6-8-10-18(3)23(14-21-15-27-25(28-17-29)13-19(21)4)24-16-26-22(11-9-7-2)12-20(24)5;1-2-3-1;1-3-2/h10,12-17,22,26H,6-9,11H2,1-5H3,(H,27,28,29);1-3H2;3H2,1-2H3/b18-10+,23-14+;;. The Morgan fingerprint density at radius 1 is 1.14 bits per heavy atom. The average molecular weight is 480 g/mol. The number of amides is 1. The lowest BCUT2D eigenvalue weighted by molar-refractivity contribution is -0.105. The lowest BCUT2D eigenvalue weighted by atomic mass is 9.88. The minimum atomic E-state index is 0.414. The van der Waals surface area contributed by atoms with Crippen molar-refractivity contribution in [1.29, 1.82) is 0 Å². The second-order valence-corrected chi connectivity index (χ2v) is 9.51. The fraction of sp³-hybridized carbons (Fsp3) is 0.548. The van der Waals surface area contributed by atoms with Crippen LogP contribution < -0.4 is 10.6 Å². The van der Waals surface area contributed by atoms with Crippen molar-refractivity contribution in [2.75, 3.05) is 5.32 Å². The molecule has 1 aliphatic carbocycles. The van der Waals surface area contributed by atoms with Crippen LogP contribution in [0.4, 0.5) is 5.82 Å². The zero-order valence-corrected chi connectivity index (χ0v) is 23.3. The number of nitrogens with one attached hydrogen (secondary N) is 2. The van der Waals surface area contributed by atoms with Gasteiger partial charge in [-0.1, -0.05) is 84.8 Å². The summed E-state index contributed by atoms with van der Waals surface area (Å²) in [5.74, 6) is 0.572. The summed E-state index contributed by atoms with van der Waals surface area (Å²) >= 11 is 0. The van der Waals surface area contributed by atoms with E-state index in [4.69, 9.17) is 0 Å². The molecular formula is C31H49N3O. The maximum atomic E-state index is 10.7. The Balaban J connectivity index is 0.000000902. The molecule has 1 aliphatic heterocycles. The van der Waals surface area contributed by atoms with Crippen molar-refractivity contribution in [1.82, 2.24) is 10.3 Å². The first-order chi connectivity index (χ1) is 16.9. The molecule has 1 aromatic rings. The third kappa shape index (κ3) is 12.1. The van der Waals surface area contributed by atoms with Gasteiger partial charge in [-0.25, -0.2) is 4.98 Å². The van der Waals surface area contributed by atoms with Crippen LogP contribution in [0.1, 0.15) is 110 Å². The van der Waals surface area contributed by atoms with Gasteiger partial charge in [0.05, 0.1) is 0 Å². The predicted octanol–water partition coefficient (Wildman–Crippen LogP) is 8.67. The van der Waals surface area contributed by atoms with Gasteiger partial charge in [-0.15, -0.1) is 0 Å². The van der Waals surface area contributed by atoms with Crippen LogP contribution in [0.5, 0.6) is 0 Å². The van der Waals surface area contributed by atoms with Gasteiger partial charge in [0.25, 0.3) is 0 Å². The van der Waals surface area contributed by atoms with E-state index < -0.39 is 0 Å². The van der Waals surface area contributed by atoms with Crippen LogP contribution in [-0.2, 0) is 4.79 Å². The molecule has 1 amide bonds. The highest BCUT2D eigenvalue weighted by molar-refractivity contribution is 5.73. The van der Waals surface area contributed by atoms with Crippen molar-refractivity contribution >= 4 is 18.3 Å². The number of nitrogens with zero attached hydrogens (tertiary/aromatic N) is 1. The molecule has 194 valence electrons. The quantitative estimate of drug-likeness (QED) is 0.261. The fourth-order valence-electron chi connectivity index (χ4n) is 3.51. The lowest BCUT2D eigenvalue weighted by Crippen LogP contribution is -2.26. The number of pyridine rings is 1. The van der Waals surface area contributed by atoms with Crippen LogP contribution in [0.2, 0.25) is 0 Å². The average Bonchev–Trinajstić information content (AvgIpc) is 3.72. The molecule has 2 aliphatic rings. The predicted molar refractivity (Wildman–Crippen MR) is 153 cm³/mol. The molecule has 0 aromatic carbocycles. The van der Waals surface area contributed by atoms with E-state index in [9.17, 15) is 4.79 Å². The summed E-state index contributed by atoms with van der Waals surface area (Å²) in [5.41, 5.74) is 7.17. The highest BCUT2D eigenvalue weighted by atomic mass is 16.1. The molecule has 0 bridgehead atoms. The van der Waals surface area contributed by atoms with E-state index in [0.717, 1.165) is 30.4 Å². The van der Waals surface area contributed by atoms with Gasteiger partial charge in [0, 0.05) is 24.0 Å². The lowest BCUT2D eigenvalue weighted by Gasteiger charge is -2.24. The number of rotatable bonds is 10. The molecule has 1 fully saturated rings. The molecule has 4 heteroatoms. The molecule has 0 saturated heterocycles. The van der Waals surface area contributed by atoms with Crippen LogP contribution in [0, 0.1) is 6.92 Å². The highest BCUT2D eigenvalue weighted by Gasteiger charge is 2.17. The van der Waals surface area contributed by atoms with Crippen LogP contribution >= 0.6 is 0 Å². The summed E-state index contributed by atoms with van der Waals surface area (Å²) in [5, 5.41) is 6.20. The monoisotopic (exact) mass is 479 g/mol. The fourth-order valence-corrected chi connectivity index (χ4v) is 3.51. The molecule has 4 nitrogen and oxygen atoms in total. The van der Waals surface area contributed by atoms with Crippen molar-refractivity contribution in [2.24, 2.45) is 0 Å². The third-order valence-electron chi connectivity index (χ3n) is 5.65. The molecule has 1 atom stereocenters. The van der Waals surface area contributed by atoms with Gasteiger partial charge in [0.1, 0.15) is 5.82 Å². The van der Waals surface area contributed by atoms with E-state index >= 15 is 0 Å². The number of aromatic nitrogens is 1. The SMILES string of the molecule is C1CC1.CCC.CCC/C=C(C)/C(=C\c1cnc(NC=O)cc1C)C1=CNC(CCCC)C=C1C. The van der Waals surface area contributed by atoms with Crippen molar-refractivity contribution < 1.29 is 4.79 Å². The first-order valence-corrected chi connectivity index (χ1v) is 13.6. The molecule has 2 N–H and O–H groups in total. The number of hydrogen-bond acceptors (Lipinski definition) is 3. The van der Waals surface area contributed by atoms with Gasteiger partial charge in [0.2, 0.25) is 6.41 Å². The normalized spacial score (nSPS) is 16.9. The first kappa shape index (κ1) is 30.4. The van der Waals surface area contributed by atoms with Crippen LogP contribution in [0.15, 0.2) is 52.9 Å². The van der Waals surface area contributed by atoms with Gasteiger partial charge in [0.15, 0.2) is 0 Å². The largest absolute Gasteiger partial charge is 0.384 e. The Morgan fingerprint density at radius 2 is 1.83 bits per heavy atom. The maximum absolute atomic E-state index is 10.7. The summed E-state index contributed by atoms with van der Waals surface area (Å²) in [6, 6.07) is 2.32. The van der Waals surface area contributed by atoms with Crippen molar-refractivity contribution in [2.45, 2.75) is 112 Å².